The van der Waals surface area contributed by atoms with E-state index in [4.69, 9.17) is 9.97 Å². The van der Waals surface area contributed by atoms with Gasteiger partial charge in [-0.15, -0.1) is 0 Å². The maximum absolute atomic E-state index is 5.61. The average Bonchev–Trinajstić information content (AvgIpc) is 3.96. The Morgan fingerprint density at radius 1 is 0.394 bits per heavy atom. The van der Waals surface area contributed by atoms with Gasteiger partial charge in [0.15, 0.2) is 0 Å². The molecule has 71 heavy (non-hydrogen) atoms. The number of benzene rings is 10. The third-order valence-corrected chi connectivity index (χ3v) is 15.4. The van der Waals surface area contributed by atoms with Gasteiger partial charge in [-0.1, -0.05) is 200 Å². The fraction of sp³-hybridized carbons (Fsp3) is 0.0448. The van der Waals surface area contributed by atoms with Crippen molar-refractivity contribution in [3.63, 3.8) is 0 Å². The molecular weight excluding hydrogens is 861 g/mol. The van der Waals surface area contributed by atoms with Gasteiger partial charge in [-0.3, -0.25) is 0 Å². The summed E-state index contributed by atoms with van der Waals surface area (Å²) in [6.45, 7) is 2.37. The molecule has 0 amide bonds. The zero-order valence-electron chi connectivity index (χ0n) is 39.0. The molecule has 4 aromatic heterocycles. The minimum Gasteiger partial charge on any atom is -0.329 e. The van der Waals surface area contributed by atoms with Gasteiger partial charge in [0.2, 0.25) is 0 Å². The highest BCUT2D eigenvalue weighted by molar-refractivity contribution is 6.25. The fourth-order valence-corrected chi connectivity index (χ4v) is 12.3. The number of pyridine rings is 2. The fourth-order valence-electron chi connectivity index (χ4n) is 12.3. The predicted octanol–water partition coefficient (Wildman–Crippen LogP) is 17.7. The Balaban J connectivity index is 0.938. The summed E-state index contributed by atoms with van der Waals surface area (Å²) in [5, 5.41) is 13.1. The molecule has 0 fully saturated rings. The first-order valence-electron chi connectivity index (χ1n) is 24.6. The summed E-state index contributed by atoms with van der Waals surface area (Å²) in [5.74, 6) is 0. The Labute approximate surface area is 409 Å². The highest BCUT2D eigenvalue weighted by Gasteiger charge is 2.30. The third-order valence-electron chi connectivity index (χ3n) is 15.4. The number of hydrogen-bond donors (Lipinski definition) is 0. The smallest absolute Gasteiger partial charge is 0.0978 e. The van der Waals surface area contributed by atoms with Crippen molar-refractivity contribution in [1.82, 2.24) is 19.1 Å². The Bertz CT molecular complexity index is 4550. The summed E-state index contributed by atoms with van der Waals surface area (Å²) in [4.78, 5) is 11.0. The first-order chi connectivity index (χ1) is 35.1. The van der Waals surface area contributed by atoms with Gasteiger partial charge >= 0.3 is 0 Å². The summed E-state index contributed by atoms with van der Waals surface area (Å²) < 4.78 is 5.11. The van der Waals surface area contributed by atoms with Gasteiger partial charge in [0.05, 0.1) is 44.3 Å². The van der Waals surface area contributed by atoms with Gasteiger partial charge in [-0.25, -0.2) is 9.97 Å². The molecule has 1 aliphatic carbocycles. The lowest BCUT2D eigenvalue weighted by molar-refractivity contribution is 0.438. The zero-order chi connectivity index (χ0) is 46.8. The maximum Gasteiger partial charge on any atom is 0.0978 e. The topological polar surface area (TPSA) is 35.6 Å². The summed E-state index contributed by atoms with van der Waals surface area (Å²) in [5.41, 5.74) is 15.4. The SMILES string of the molecule is CC1(n2c3ccccc3c3ccc4c5ccccc5n(-c5ccc(-c6c7ccccc7c(-c7ccc8ccc9c(-c%10ccccc%10)c%10ccccc%10nc9c8n7)c7ccccc67)cc5)c4c32)C=CC=CC1. The lowest BCUT2D eigenvalue weighted by atomic mass is 9.87. The minimum atomic E-state index is -0.238. The van der Waals surface area contributed by atoms with Crippen molar-refractivity contribution in [2.24, 2.45) is 0 Å². The predicted molar refractivity (Wildman–Crippen MR) is 300 cm³/mol. The van der Waals surface area contributed by atoms with Crippen LogP contribution in [0.2, 0.25) is 0 Å². The molecule has 4 nitrogen and oxygen atoms in total. The number of allylic oxidation sites excluding steroid dienone is 4. The first kappa shape index (κ1) is 39.8. The molecule has 10 aromatic carbocycles. The summed E-state index contributed by atoms with van der Waals surface area (Å²) in [7, 11) is 0. The van der Waals surface area contributed by atoms with Gasteiger partial charge in [-0.2, -0.15) is 0 Å². The molecule has 14 aromatic rings. The van der Waals surface area contributed by atoms with Crippen LogP contribution in [0.3, 0.4) is 0 Å². The van der Waals surface area contributed by atoms with Crippen molar-refractivity contribution in [2.75, 3.05) is 0 Å². The van der Waals surface area contributed by atoms with Crippen LogP contribution in [-0.4, -0.2) is 19.1 Å². The zero-order valence-corrected chi connectivity index (χ0v) is 39.0. The van der Waals surface area contributed by atoms with Crippen LogP contribution in [0.5, 0.6) is 0 Å². The average molecular weight is 905 g/mol. The quantitative estimate of drug-likeness (QED) is 0.127. The molecule has 4 heterocycles. The van der Waals surface area contributed by atoms with Gasteiger partial charge in [0, 0.05) is 60.0 Å². The molecule has 0 aliphatic heterocycles. The Hall–Kier alpha value is -9.12. The normalized spacial score (nSPS) is 15.0. The molecule has 15 rings (SSSR count). The molecule has 0 saturated heterocycles. The molecule has 1 unspecified atom stereocenters. The van der Waals surface area contributed by atoms with Crippen molar-refractivity contribution < 1.29 is 0 Å². The van der Waals surface area contributed by atoms with Gasteiger partial charge in [-0.05, 0) is 88.0 Å². The van der Waals surface area contributed by atoms with Gasteiger partial charge in [0.25, 0.3) is 0 Å². The van der Waals surface area contributed by atoms with Crippen molar-refractivity contribution in [3.8, 4) is 39.2 Å². The standard InChI is InChI=1S/C67H44N4/c1-67(40-16-3-17-41-67)71-59-29-15-12-21-47(59)53-38-37-52-46-20-11-14-28-58(46)70(65(52)66(53)71)45-34-30-43(31-35-45)60-48-22-6-8-24-50(48)62(51-25-9-7-23-49(51)60)57-39-33-44-32-36-55-61(42-18-4-2-5-19-42)54-26-10-13-27-56(54)68-64(55)63(44)69-57/h2-40H,41H2,1H3. The molecule has 1 atom stereocenters. The monoisotopic (exact) mass is 904 g/mol. The van der Waals surface area contributed by atoms with E-state index in [9.17, 15) is 0 Å². The number of hydrogen-bond acceptors (Lipinski definition) is 2. The molecule has 332 valence electrons. The maximum atomic E-state index is 5.61. The second kappa shape index (κ2) is 15.2. The largest absolute Gasteiger partial charge is 0.329 e. The van der Waals surface area contributed by atoms with Crippen molar-refractivity contribution in [3.05, 3.63) is 237 Å². The van der Waals surface area contributed by atoms with E-state index in [1.54, 1.807) is 0 Å². The number of nitrogens with zero attached hydrogens (tertiary/aromatic N) is 4. The number of fused-ring (bicyclic) bond motifs is 13. The van der Waals surface area contributed by atoms with Crippen LogP contribution < -0.4 is 0 Å². The Kier molecular flexibility index (Phi) is 8.52. The summed E-state index contributed by atoms with van der Waals surface area (Å²) >= 11 is 0. The first-order valence-corrected chi connectivity index (χ1v) is 24.6. The Morgan fingerprint density at radius 2 is 0.944 bits per heavy atom. The van der Waals surface area contributed by atoms with Crippen LogP contribution in [0, 0.1) is 0 Å². The van der Waals surface area contributed by atoms with E-state index < -0.39 is 0 Å². The van der Waals surface area contributed by atoms with E-state index in [0.29, 0.717) is 0 Å². The molecule has 4 heteroatoms. The van der Waals surface area contributed by atoms with Crippen molar-refractivity contribution in [1.29, 1.82) is 0 Å². The molecular formula is C67H44N4. The van der Waals surface area contributed by atoms with Crippen molar-refractivity contribution >= 4 is 97.9 Å². The third kappa shape index (κ3) is 5.79. The van der Waals surface area contributed by atoms with Crippen LogP contribution in [0.4, 0.5) is 0 Å². The van der Waals surface area contributed by atoms with Crippen LogP contribution in [0.15, 0.2) is 237 Å². The van der Waals surface area contributed by atoms with E-state index in [1.165, 1.54) is 87.4 Å². The molecule has 0 spiro atoms. The van der Waals surface area contributed by atoms with E-state index in [1.807, 2.05) is 0 Å². The summed E-state index contributed by atoms with van der Waals surface area (Å²) in [6.07, 6.45) is 9.97. The minimum absolute atomic E-state index is 0.238. The number of aromatic nitrogens is 4. The van der Waals surface area contributed by atoms with Crippen molar-refractivity contribution in [2.45, 2.75) is 18.9 Å². The van der Waals surface area contributed by atoms with E-state index in [2.05, 4.69) is 253 Å². The van der Waals surface area contributed by atoms with Crippen LogP contribution in [0.1, 0.15) is 13.3 Å². The molecule has 0 saturated carbocycles. The van der Waals surface area contributed by atoms with Crippen LogP contribution in [-0.2, 0) is 5.54 Å². The van der Waals surface area contributed by atoms with Gasteiger partial charge < -0.3 is 9.13 Å². The van der Waals surface area contributed by atoms with E-state index >= 15 is 0 Å². The second-order valence-electron chi connectivity index (χ2n) is 19.4. The summed E-state index contributed by atoms with van der Waals surface area (Å²) in [6, 6.07) is 77.5. The number of para-hydroxylation sites is 3. The van der Waals surface area contributed by atoms with Crippen LogP contribution >= 0.6 is 0 Å². The molecule has 1 aliphatic rings. The highest BCUT2D eigenvalue weighted by atomic mass is 15.1. The van der Waals surface area contributed by atoms with Gasteiger partial charge in [0.1, 0.15) is 0 Å². The molecule has 0 N–H and O–H groups in total. The molecule has 0 bridgehead atoms. The second-order valence-corrected chi connectivity index (χ2v) is 19.4. The van der Waals surface area contributed by atoms with Crippen LogP contribution in [0.25, 0.3) is 137 Å². The molecule has 0 radical (unpaired) electrons. The number of rotatable bonds is 5. The lowest BCUT2D eigenvalue weighted by Gasteiger charge is -2.31. The Morgan fingerprint density at radius 3 is 1.65 bits per heavy atom. The van der Waals surface area contributed by atoms with E-state index in [0.717, 1.165) is 56.1 Å². The highest BCUT2D eigenvalue weighted by Crippen LogP contribution is 2.47. The lowest BCUT2D eigenvalue weighted by Crippen LogP contribution is -2.28. The van der Waals surface area contributed by atoms with E-state index in [-0.39, 0.29) is 5.54 Å².